The zero-order valence-electron chi connectivity index (χ0n) is 12.8. The fourth-order valence-corrected chi connectivity index (χ4v) is 2.39. The van der Waals surface area contributed by atoms with Crippen LogP contribution in [0.2, 0.25) is 5.02 Å². The lowest BCUT2D eigenvalue weighted by molar-refractivity contribution is 0.406. The normalized spacial score (nSPS) is 12.4. The van der Waals surface area contributed by atoms with Gasteiger partial charge in [-0.3, -0.25) is 0 Å². The molecule has 0 saturated carbocycles. The van der Waals surface area contributed by atoms with E-state index in [2.05, 4.69) is 54.0 Å². The summed E-state index contributed by atoms with van der Waals surface area (Å²) in [6, 6.07) is 14.3. The van der Waals surface area contributed by atoms with Crippen molar-refractivity contribution in [3.05, 3.63) is 59.2 Å². The fraction of sp³-hybridized carbons (Fsp3) is 0.353. The molecule has 0 N–H and O–H groups in total. The molecule has 1 aromatic carbocycles. The molecule has 1 aromatic heterocycles. The quantitative estimate of drug-likeness (QED) is 0.807. The van der Waals surface area contributed by atoms with E-state index >= 15 is 0 Å². The van der Waals surface area contributed by atoms with Crippen LogP contribution in [0, 0.1) is 0 Å². The van der Waals surface area contributed by atoms with Crippen molar-refractivity contribution >= 4 is 17.4 Å². The smallest absolute Gasteiger partial charge is 0.129 e. The largest absolute Gasteiger partial charge is 0.349 e. The molecule has 2 rings (SSSR count). The molecule has 21 heavy (non-hydrogen) atoms. The number of likely N-dealkylation sites (N-methyl/N-ethyl adjacent to an activating group) is 1. The first-order valence-electron chi connectivity index (χ1n) is 7.16. The molecule has 0 aliphatic rings. The average molecular weight is 304 g/mol. The minimum atomic E-state index is 0.247. The summed E-state index contributed by atoms with van der Waals surface area (Å²) in [6.07, 6.45) is 1.84. The van der Waals surface area contributed by atoms with Crippen LogP contribution >= 0.6 is 11.6 Å². The van der Waals surface area contributed by atoms with E-state index in [-0.39, 0.29) is 6.04 Å². The Balaban J connectivity index is 2.23. The summed E-state index contributed by atoms with van der Waals surface area (Å²) in [4.78, 5) is 9.01. The summed E-state index contributed by atoms with van der Waals surface area (Å²) in [6.45, 7) is 4.11. The molecule has 0 aliphatic carbocycles. The monoisotopic (exact) mass is 303 g/mol. The van der Waals surface area contributed by atoms with E-state index in [4.69, 9.17) is 11.6 Å². The first kappa shape index (κ1) is 15.8. The molecule has 0 saturated heterocycles. The topological polar surface area (TPSA) is 19.4 Å². The maximum absolute atomic E-state index is 5.98. The Morgan fingerprint density at radius 1 is 1.05 bits per heavy atom. The summed E-state index contributed by atoms with van der Waals surface area (Å²) >= 11 is 5.98. The standard InChI is InChI=1S/C17H22ClN3/c1-14(15-7-9-16(18)10-8-15)21(13-12-20(2)3)17-6-4-5-11-19-17/h4-11,14H,12-13H2,1-3H3/t14-/m0/s1. The molecule has 0 fully saturated rings. The average Bonchev–Trinajstić information content (AvgIpc) is 2.49. The SMILES string of the molecule is C[C@@H](c1ccc(Cl)cc1)N(CCN(C)C)c1ccccn1. The second-order valence-corrected chi connectivity index (χ2v) is 5.85. The van der Waals surface area contributed by atoms with Crippen LogP contribution in [0.1, 0.15) is 18.5 Å². The van der Waals surface area contributed by atoms with Crippen molar-refractivity contribution in [3.63, 3.8) is 0 Å². The summed E-state index contributed by atoms with van der Waals surface area (Å²) < 4.78 is 0. The number of nitrogens with zero attached hydrogens (tertiary/aromatic N) is 3. The van der Waals surface area contributed by atoms with Crippen LogP contribution in [-0.4, -0.2) is 37.1 Å². The summed E-state index contributed by atoms with van der Waals surface area (Å²) in [5.41, 5.74) is 1.24. The van der Waals surface area contributed by atoms with Crippen LogP contribution in [0.15, 0.2) is 48.7 Å². The Kier molecular flexibility index (Phi) is 5.59. The van der Waals surface area contributed by atoms with Gasteiger partial charge in [0.1, 0.15) is 5.82 Å². The lowest BCUT2D eigenvalue weighted by Gasteiger charge is -2.31. The highest BCUT2D eigenvalue weighted by molar-refractivity contribution is 6.30. The van der Waals surface area contributed by atoms with Gasteiger partial charge in [0.2, 0.25) is 0 Å². The van der Waals surface area contributed by atoms with Crippen LogP contribution in [0.4, 0.5) is 5.82 Å². The molecule has 0 amide bonds. The Morgan fingerprint density at radius 3 is 2.33 bits per heavy atom. The molecule has 3 nitrogen and oxygen atoms in total. The third-order valence-electron chi connectivity index (χ3n) is 3.55. The second kappa shape index (κ2) is 7.43. The van der Waals surface area contributed by atoms with Gasteiger partial charge in [-0.05, 0) is 50.8 Å². The van der Waals surface area contributed by atoms with E-state index in [1.54, 1.807) is 0 Å². The number of anilines is 1. The highest BCUT2D eigenvalue weighted by Crippen LogP contribution is 2.26. The third kappa shape index (κ3) is 4.45. The second-order valence-electron chi connectivity index (χ2n) is 5.41. The zero-order valence-corrected chi connectivity index (χ0v) is 13.6. The predicted molar refractivity (Wildman–Crippen MR) is 90.0 cm³/mol. The van der Waals surface area contributed by atoms with Gasteiger partial charge in [-0.2, -0.15) is 0 Å². The van der Waals surface area contributed by atoms with Crippen LogP contribution in [0.5, 0.6) is 0 Å². The molecule has 0 unspecified atom stereocenters. The Labute approximate surface area is 132 Å². The highest BCUT2D eigenvalue weighted by atomic mass is 35.5. The number of hydrogen-bond donors (Lipinski definition) is 0. The Hall–Kier alpha value is -1.58. The van der Waals surface area contributed by atoms with Crippen molar-refractivity contribution in [1.29, 1.82) is 0 Å². The van der Waals surface area contributed by atoms with Gasteiger partial charge in [0, 0.05) is 24.3 Å². The molecule has 1 heterocycles. The van der Waals surface area contributed by atoms with E-state index in [0.29, 0.717) is 0 Å². The van der Waals surface area contributed by atoms with Gasteiger partial charge in [-0.1, -0.05) is 29.8 Å². The number of halogens is 1. The van der Waals surface area contributed by atoms with E-state index < -0.39 is 0 Å². The summed E-state index contributed by atoms with van der Waals surface area (Å²) in [5, 5.41) is 0.767. The fourth-order valence-electron chi connectivity index (χ4n) is 2.26. The van der Waals surface area contributed by atoms with Crippen molar-refractivity contribution in [2.24, 2.45) is 0 Å². The van der Waals surface area contributed by atoms with Crippen LogP contribution in [0.3, 0.4) is 0 Å². The minimum Gasteiger partial charge on any atom is -0.349 e. The van der Waals surface area contributed by atoms with Gasteiger partial charge in [-0.15, -0.1) is 0 Å². The summed E-state index contributed by atoms with van der Waals surface area (Å²) in [5.74, 6) is 1.00. The molecule has 0 aliphatic heterocycles. The predicted octanol–water partition coefficient (Wildman–Crippen LogP) is 3.86. The van der Waals surface area contributed by atoms with Gasteiger partial charge < -0.3 is 9.80 Å². The molecular weight excluding hydrogens is 282 g/mol. The first-order chi connectivity index (χ1) is 10.1. The maximum atomic E-state index is 5.98. The molecule has 0 radical (unpaired) electrons. The molecule has 0 bridgehead atoms. The molecule has 112 valence electrons. The first-order valence-corrected chi connectivity index (χ1v) is 7.53. The third-order valence-corrected chi connectivity index (χ3v) is 3.80. The van der Waals surface area contributed by atoms with E-state index in [0.717, 1.165) is 23.9 Å². The molecule has 4 heteroatoms. The van der Waals surface area contributed by atoms with Crippen molar-refractivity contribution in [3.8, 4) is 0 Å². The van der Waals surface area contributed by atoms with Gasteiger partial charge in [0.25, 0.3) is 0 Å². The summed E-state index contributed by atoms with van der Waals surface area (Å²) in [7, 11) is 4.17. The van der Waals surface area contributed by atoms with Gasteiger partial charge in [-0.25, -0.2) is 4.98 Å². The molecule has 2 aromatic rings. The van der Waals surface area contributed by atoms with Crippen molar-refractivity contribution < 1.29 is 0 Å². The molecular formula is C17H22ClN3. The lowest BCUT2D eigenvalue weighted by atomic mass is 10.1. The zero-order chi connectivity index (χ0) is 15.2. The number of hydrogen-bond acceptors (Lipinski definition) is 3. The maximum Gasteiger partial charge on any atom is 0.129 e. The van der Waals surface area contributed by atoms with Crippen LogP contribution in [0.25, 0.3) is 0 Å². The van der Waals surface area contributed by atoms with Gasteiger partial charge >= 0.3 is 0 Å². The number of aromatic nitrogens is 1. The Bertz CT molecular complexity index is 540. The number of rotatable bonds is 6. The van der Waals surface area contributed by atoms with Crippen molar-refractivity contribution in [1.82, 2.24) is 9.88 Å². The van der Waals surface area contributed by atoms with Gasteiger partial charge in [0.15, 0.2) is 0 Å². The van der Waals surface area contributed by atoms with E-state index in [9.17, 15) is 0 Å². The minimum absolute atomic E-state index is 0.247. The van der Waals surface area contributed by atoms with Crippen molar-refractivity contribution in [2.75, 3.05) is 32.1 Å². The molecule has 1 atom stereocenters. The van der Waals surface area contributed by atoms with E-state index in [1.807, 2.05) is 30.5 Å². The molecule has 0 spiro atoms. The van der Waals surface area contributed by atoms with Crippen LogP contribution < -0.4 is 4.90 Å². The highest BCUT2D eigenvalue weighted by Gasteiger charge is 2.17. The Morgan fingerprint density at radius 2 is 1.76 bits per heavy atom. The number of benzene rings is 1. The van der Waals surface area contributed by atoms with E-state index in [1.165, 1.54) is 5.56 Å². The number of pyridine rings is 1. The lowest BCUT2D eigenvalue weighted by Crippen LogP contribution is -2.34. The van der Waals surface area contributed by atoms with Crippen molar-refractivity contribution in [2.45, 2.75) is 13.0 Å². The van der Waals surface area contributed by atoms with Crippen LogP contribution in [-0.2, 0) is 0 Å². The van der Waals surface area contributed by atoms with Gasteiger partial charge in [0.05, 0.1) is 6.04 Å².